The summed E-state index contributed by atoms with van der Waals surface area (Å²) < 4.78 is 1.30. The van der Waals surface area contributed by atoms with E-state index >= 15 is 0 Å². The third-order valence-corrected chi connectivity index (χ3v) is 3.43. The standard InChI is InChI=1S/C13H15N3O2/c1-8-4-5-9-10(7-8)15-13(18)16(12(9)17)11-3-2-6-14-11/h4-5,7,11,14H,2-3,6H2,1H3,(H,15,18). The zero-order chi connectivity index (χ0) is 12.7. The first-order valence-corrected chi connectivity index (χ1v) is 6.15. The van der Waals surface area contributed by atoms with Crippen LogP contribution in [0.5, 0.6) is 0 Å². The number of aromatic nitrogens is 2. The minimum atomic E-state index is -0.336. The average Bonchev–Trinajstić information content (AvgIpc) is 2.82. The number of rotatable bonds is 1. The van der Waals surface area contributed by atoms with Crippen molar-refractivity contribution in [1.29, 1.82) is 0 Å². The fourth-order valence-corrected chi connectivity index (χ4v) is 2.52. The average molecular weight is 245 g/mol. The molecule has 1 aromatic carbocycles. The smallest absolute Gasteiger partial charge is 0.307 e. The molecule has 94 valence electrons. The van der Waals surface area contributed by atoms with Crippen LogP contribution >= 0.6 is 0 Å². The van der Waals surface area contributed by atoms with Crippen LogP contribution in [0.3, 0.4) is 0 Å². The fraction of sp³-hybridized carbons (Fsp3) is 0.385. The van der Waals surface area contributed by atoms with E-state index < -0.39 is 0 Å². The minimum Gasteiger partial charge on any atom is -0.307 e. The van der Waals surface area contributed by atoms with Crippen molar-refractivity contribution in [3.63, 3.8) is 0 Å². The molecule has 0 bridgehead atoms. The molecular formula is C13H15N3O2. The van der Waals surface area contributed by atoms with Crippen LogP contribution in [0.15, 0.2) is 27.8 Å². The van der Waals surface area contributed by atoms with E-state index in [2.05, 4.69) is 10.3 Å². The molecule has 18 heavy (non-hydrogen) atoms. The van der Waals surface area contributed by atoms with Crippen LogP contribution < -0.4 is 16.6 Å². The van der Waals surface area contributed by atoms with E-state index in [1.165, 1.54) is 4.57 Å². The lowest BCUT2D eigenvalue weighted by Gasteiger charge is -2.13. The number of aromatic amines is 1. The first-order valence-electron chi connectivity index (χ1n) is 6.15. The molecule has 0 saturated carbocycles. The van der Waals surface area contributed by atoms with E-state index in [1.54, 1.807) is 6.07 Å². The van der Waals surface area contributed by atoms with Crippen molar-refractivity contribution in [2.75, 3.05) is 6.54 Å². The van der Waals surface area contributed by atoms with Crippen molar-refractivity contribution in [3.8, 4) is 0 Å². The SMILES string of the molecule is Cc1ccc2c(=O)n(C3CCCN3)c(=O)[nH]c2c1. The quantitative estimate of drug-likeness (QED) is 0.783. The van der Waals surface area contributed by atoms with Gasteiger partial charge in [-0.15, -0.1) is 0 Å². The molecule has 1 aromatic heterocycles. The highest BCUT2D eigenvalue weighted by atomic mass is 16.2. The second kappa shape index (κ2) is 4.10. The highest BCUT2D eigenvalue weighted by Crippen LogP contribution is 2.14. The van der Waals surface area contributed by atoms with Gasteiger partial charge in [0, 0.05) is 0 Å². The van der Waals surface area contributed by atoms with Gasteiger partial charge in [-0.3, -0.25) is 10.1 Å². The molecule has 2 N–H and O–H groups in total. The Morgan fingerprint density at radius 3 is 2.89 bits per heavy atom. The van der Waals surface area contributed by atoms with Crippen LogP contribution in [0.2, 0.25) is 0 Å². The summed E-state index contributed by atoms with van der Waals surface area (Å²) in [6, 6.07) is 5.48. The van der Waals surface area contributed by atoms with Crippen LogP contribution in [0.25, 0.3) is 10.9 Å². The number of fused-ring (bicyclic) bond motifs is 1. The van der Waals surface area contributed by atoms with Gasteiger partial charge in [0.15, 0.2) is 0 Å². The molecule has 5 heteroatoms. The number of hydrogen-bond acceptors (Lipinski definition) is 3. The molecule has 1 unspecified atom stereocenters. The molecule has 1 atom stereocenters. The lowest BCUT2D eigenvalue weighted by Crippen LogP contribution is -2.41. The Hall–Kier alpha value is -1.88. The van der Waals surface area contributed by atoms with Crippen LogP contribution in [-0.2, 0) is 0 Å². The normalized spacial score (nSPS) is 19.5. The van der Waals surface area contributed by atoms with Crippen LogP contribution in [0, 0.1) is 6.92 Å². The Kier molecular flexibility index (Phi) is 2.56. The highest BCUT2D eigenvalue weighted by molar-refractivity contribution is 5.77. The fourth-order valence-electron chi connectivity index (χ4n) is 2.52. The summed E-state index contributed by atoms with van der Waals surface area (Å²) in [7, 11) is 0. The van der Waals surface area contributed by atoms with Gasteiger partial charge < -0.3 is 4.98 Å². The second-order valence-corrected chi connectivity index (χ2v) is 4.77. The number of aryl methyl sites for hydroxylation is 1. The maximum atomic E-state index is 12.4. The van der Waals surface area contributed by atoms with Crippen LogP contribution in [0.1, 0.15) is 24.6 Å². The van der Waals surface area contributed by atoms with E-state index in [0.29, 0.717) is 10.9 Å². The van der Waals surface area contributed by atoms with Gasteiger partial charge >= 0.3 is 5.69 Å². The third-order valence-electron chi connectivity index (χ3n) is 3.43. The third kappa shape index (κ3) is 1.67. The largest absolute Gasteiger partial charge is 0.330 e. The second-order valence-electron chi connectivity index (χ2n) is 4.77. The van der Waals surface area contributed by atoms with Gasteiger partial charge in [0.2, 0.25) is 0 Å². The number of benzene rings is 1. The zero-order valence-corrected chi connectivity index (χ0v) is 10.2. The molecule has 0 aliphatic carbocycles. The maximum Gasteiger partial charge on any atom is 0.330 e. The monoisotopic (exact) mass is 245 g/mol. The van der Waals surface area contributed by atoms with Crippen LogP contribution in [0.4, 0.5) is 0 Å². The molecule has 1 aliphatic rings. The molecule has 1 saturated heterocycles. The summed E-state index contributed by atoms with van der Waals surface area (Å²) in [6.07, 6.45) is 1.63. The molecule has 3 rings (SSSR count). The van der Waals surface area contributed by atoms with Crippen molar-refractivity contribution < 1.29 is 0 Å². The molecule has 2 heterocycles. The van der Waals surface area contributed by atoms with E-state index in [9.17, 15) is 9.59 Å². The number of nitrogens with zero attached hydrogens (tertiary/aromatic N) is 1. The van der Waals surface area contributed by atoms with Crippen molar-refractivity contribution in [1.82, 2.24) is 14.9 Å². The van der Waals surface area contributed by atoms with Gasteiger partial charge in [0.1, 0.15) is 0 Å². The molecule has 5 nitrogen and oxygen atoms in total. The van der Waals surface area contributed by atoms with E-state index in [4.69, 9.17) is 0 Å². The number of H-pyrrole nitrogens is 1. The molecule has 2 aromatic rings. The van der Waals surface area contributed by atoms with Gasteiger partial charge in [0.05, 0.1) is 17.1 Å². The zero-order valence-electron chi connectivity index (χ0n) is 10.2. The Bertz CT molecular complexity index is 708. The van der Waals surface area contributed by atoms with Crippen molar-refractivity contribution in [2.45, 2.75) is 25.9 Å². The van der Waals surface area contributed by atoms with Gasteiger partial charge in [0.25, 0.3) is 5.56 Å². The Labute approximate surface area is 103 Å². The summed E-state index contributed by atoms with van der Waals surface area (Å²) in [4.78, 5) is 27.2. The van der Waals surface area contributed by atoms with Crippen molar-refractivity contribution in [3.05, 3.63) is 44.6 Å². The van der Waals surface area contributed by atoms with Crippen molar-refractivity contribution >= 4 is 10.9 Å². The highest BCUT2D eigenvalue weighted by Gasteiger charge is 2.20. The first kappa shape index (κ1) is 11.2. The first-order chi connectivity index (χ1) is 8.66. The van der Waals surface area contributed by atoms with Gasteiger partial charge in [-0.25, -0.2) is 9.36 Å². The molecule has 1 fully saturated rings. The van der Waals surface area contributed by atoms with Gasteiger partial charge in [-0.1, -0.05) is 6.07 Å². The number of hydrogen-bond donors (Lipinski definition) is 2. The topological polar surface area (TPSA) is 66.9 Å². The molecule has 0 spiro atoms. The Morgan fingerprint density at radius 1 is 1.33 bits per heavy atom. The van der Waals surface area contributed by atoms with E-state index in [0.717, 1.165) is 24.9 Å². The predicted molar refractivity (Wildman–Crippen MR) is 69.8 cm³/mol. The summed E-state index contributed by atoms with van der Waals surface area (Å²) >= 11 is 0. The minimum absolute atomic E-state index is 0.174. The molecule has 1 aliphatic heterocycles. The Balaban J connectivity index is 2.30. The van der Waals surface area contributed by atoms with E-state index in [1.807, 2.05) is 19.1 Å². The lowest BCUT2D eigenvalue weighted by atomic mass is 10.2. The molecule has 0 amide bonds. The summed E-state index contributed by atoms with van der Waals surface area (Å²) in [6.45, 7) is 2.78. The predicted octanol–water partition coefficient (Wildman–Crippen LogP) is 0.880. The van der Waals surface area contributed by atoms with Gasteiger partial charge in [-0.2, -0.15) is 0 Å². The summed E-state index contributed by atoms with van der Waals surface area (Å²) in [5.41, 5.74) is 1.08. The summed E-state index contributed by atoms with van der Waals surface area (Å²) in [5, 5.41) is 3.74. The molecule has 0 radical (unpaired) electrons. The van der Waals surface area contributed by atoms with Crippen LogP contribution in [-0.4, -0.2) is 16.1 Å². The van der Waals surface area contributed by atoms with E-state index in [-0.39, 0.29) is 17.4 Å². The van der Waals surface area contributed by atoms with Crippen molar-refractivity contribution in [2.24, 2.45) is 0 Å². The summed E-state index contributed by atoms with van der Waals surface area (Å²) in [5.74, 6) is 0. The maximum absolute atomic E-state index is 12.4. The van der Waals surface area contributed by atoms with Gasteiger partial charge in [-0.05, 0) is 44.0 Å². The molecular weight excluding hydrogens is 230 g/mol. The Morgan fingerprint density at radius 2 is 2.17 bits per heavy atom. The lowest BCUT2D eigenvalue weighted by molar-refractivity contribution is 0.439. The number of nitrogens with one attached hydrogen (secondary N) is 2.